The predicted molar refractivity (Wildman–Crippen MR) is 101 cm³/mol. The fourth-order valence-corrected chi connectivity index (χ4v) is 3.20. The maximum Gasteiger partial charge on any atom is 0.198 e. The minimum Gasteiger partial charge on any atom is -0.350 e. The van der Waals surface area contributed by atoms with Gasteiger partial charge in [0.2, 0.25) is 0 Å². The van der Waals surface area contributed by atoms with Crippen LogP contribution in [0.15, 0.2) is 71.9 Å². The second-order valence-corrected chi connectivity index (χ2v) is 6.02. The number of rotatable bonds is 3. The minimum atomic E-state index is 0.644. The number of anilines is 1. The summed E-state index contributed by atoms with van der Waals surface area (Å²) in [5.41, 5.74) is 4.66. The molecule has 0 bridgehead atoms. The van der Waals surface area contributed by atoms with E-state index >= 15 is 0 Å². The van der Waals surface area contributed by atoms with Crippen molar-refractivity contribution in [3.63, 3.8) is 0 Å². The van der Waals surface area contributed by atoms with Crippen molar-refractivity contribution in [2.24, 2.45) is 4.99 Å². The minimum absolute atomic E-state index is 0.644. The predicted octanol–water partition coefficient (Wildman–Crippen LogP) is 3.01. The number of para-hydroxylation sites is 2. The SMILES string of the molecule is CN=C(NCc1ccn(-c2ccccc2)n1)N1CCc2ccccc21. The Balaban J connectivity index is 1.45. The Morgan fingerprint density at radius 3 is 2.72 bits per heavy atom. The van der Waals surface area contributed by atoms with E-state index < -0.39 is 0 Å². The molecule has 0 amide bonds. The van der Waals surface area contributed by atoms with Crippen LogP contribution in [-0.2, 0) is 13.0 Å². The molecule has 25 heavy (non-hydrogen) atoms. The molecule has 1 aromatic heterocycles. The number of hydrogen-bond donors (Lipinski definition) is 1. The van der Waals surface area contributed by atoms with Crippen LogP contribution in [0.3, 0.4) is 0 Å². The summed E-state index contributed by atoms with van der Waals surface area (Å²) in [6.07, 6.45) is 3.04. The summed E-state index contributed by atoms with van der Waals surface area (Å²) in [6.45, 7) is 1.60. The van der Waals surface area contributed by atoms with Crippen LogP contribution >= 0.6 is 0 Å². The fraction of sp³-hybridized carbons (Fsp3) is 0.200. The maximum atomic E-state index is 4.64. The molecule has 2 aromatic carbocycles. The van der Waals surface area contributed by atoms with Gasteiger partial charge in [0.25, 0.3) is 0 Å². The molecule has 0 spiro atoms. The van der Waals surface area contributed by atoms with E-state index in [9.17, 15) is 0 Å². The van der Waals surface area contributed by atoms with Gasteiger partial charge in [-0.1, -0.05) is 36.4 Å². The number of aliphatic imine (C=N–C) groups is 1. The fourth-order valence-electron chi connectivity index (χ4n) is 3.20. The molecule has 0 unspecified atom stereocenters. The summed E-state index contributed by atoms with van der Waals surface area (Å²) < 4.78 is 1.89. The van der Waals surface area contributed by atoms with Crippen LogP contribution in [0.25, 0.3) is 5.69 Å². The largest absolute Gasteiger partial charge is 0.350 e. The maximum absolute atomic E-state index is 4.64. The van der Waals surface area contributed by atoms with Gasteiger partial charge in [0.15, 0.2) is 5.96 Å². The standard InChI is InChI=1S/C20H21N5/c1-21-20(24-13-11-16-7-5-6-10-19(16)24)22-15-17-12-14-25(23-17)18-8-3-2-4-9-18/h2-10,12,14H,11,13,15H2,1H3,(H,21,22). The number of guanidine groups is 1. The van der Waals surface area contributed by atoms with Crippen molar-refractivity contribution in [1.29, 1.82) is 0 Å². The molecule has 5 nitrogen and oxygen atoms in total. The van der Waals surface area contributed by atoms with Gasteiger partial charge in [-0.05, 0) is 36.2 Å². The summed E-state index contributed by atoms with van der Waals surface area (Å²) in [6, 6.07) is 20.7. The number of fused-ring (bicyclic) bond motifs is 1. The van der Waals surface area contributed by atoms with Gasteiger partial charge in [0.05, 0.1) is 17.9 Å². The molecule has 0 saturated carbocycles. The summed E-state index contributed by atoms with van der Waals surface area (Å²) in [5, 5.41) is 8.07. The van der Waals surface area contributed by atoms with E-state index in [4.69, 9.17) is 0 Å². The topological polar surface area (TPSA) is 45.5 Å². The summed E-state index contributed by atoms with van der Waals surface area (Å²) in [4.78, 5) is 6.69. The van der Waals surface area contributed by atoms with Gasteiger partial charge in [-0.3, -0.25) is 4.99 Å². The smallest absolute Gasteiger partial charge is 0.198 e. The molecule has 0 fully saturated rings. The molecule has 0 atom stereocenters. The van der Waals surface area contributed by atoms with Crippen LogP contribution in [0, 0.1) is 0 Å². The monoisotopic (exact) mass is 331 g/mol. The highest BCUT2D eigenvalue weighted by Crippen LogP contribution is 2.27. The lowest BCUT2D eigenvalue weighted by Gasteiger charge is -2.22. The first-order valence-corrected chi connectivity index (χ1v) is 8.51. The molecular formula is C20H21N5. The zero-order valence-corrected chi connectivity index (χ0v) is 14.3. The Morgan fingerprint density at radius 2 is 1.88 bits per heavy atom. The van der Waals surface area contributed by atoms with E-state index in [1.165, 1.54) is 11.3 Å². The Labute approximate surface area is 147 Å². The van der Waals surface area contributed by atoms with Crippen LogP contribution in [0.2, 0.25) is 0 Å². The number of nitrogens with zero attached hydrogens (tertiary/aromatic N) is 4. The molecule has 0 radical (unpaired) electrons. The molecule has 1 N–H and O–H groups in total. The average Bonchev–Trinajstić information content (AvgIpc) is 3.31. The Kier molecular flexibility index (Phi) is 4.21. The molecule has 5 heteroatoms. The number of hydrogen-bond acceptors (Lipinski definition) is 2. The highest BCUT2D eigenvalue weighted by molar-refractivity contribution is 5.97. The summed E-state index contributed by atoms with van der Waals surface area (Å²) in [5.74, 6) is 0.888. The van der Waals surface area contributed by atoms with Crippen molar-refractivity contribution < 1.29 is 0 Å². The summed E-state index contributed by atoms with van der Waals surface area (Å²) in [7, 11) is 1.83. The molecule has 126 valence electrons. The summed E-state index contributed by atoms with van der Waals surface area (Å²) >= 11 is 0. The molecule has 1 aliphatic rings. The van der Waals surface area contributed by atoms with E-state index in [2.05, 4.69) is 44.6 Å². The number of aromatic nitrogens is 2. The van der Waals surface area contributed by atoms with E-state index in [1.807, 2.05) is 54.3 Å². The number of benzene rings is 2. The first-order chi connectivity index (χ1) is 12.3. The van der Waals surface area contributed by atoms with Crippen molar-refractivity contribution in [1.82, 2.24) is 15.1 Å². The first kappa shape index (κ1) is 15.4. The van der Waals surface area contributed by atoms with Gasteiger partial charge < -0.3 is 10.2 Å². The Bertz CT molecular complexity index is 882. The zero-order chi connectivity index (χ0) is 17.1. The van der Waals surface area contributed by atoms with Crippen LogP contribution in [0.1, 0.15) is 11.3 Å². The molecular weight excluding hydrogens is 310 g/mol. The van der Waals surface area contributed by atoms with E-state index in [1.54, 1.807) is 0 Å². The average molecular weight is 331 g/mol. The normalized spacial score (nSPS) is 13.8. The Hall–Kier alpha value is -3.08. The van der Waals surface area contributed by atoms with Crippen molar-refractivity contribution in [2.45, 2.75) is 13.0 Å². The third-order valence-electron chi connectivity index (χ3n) is 4.45. The third kappa shape index (κ3) is 3.13. The lowest BCUT2D eigenvalue weighted by molar-refractivity contribution is 0.789. The van der Waals surface area contributed by atoms with Gasteiger partial charge in [0.1, 0.15) is 0 Å². The van der Waals surface area contributed by atoms with Gasteiger partial charge >= 0.3 is 0 Å². The molecule has 0 saturated heterocycles. The lowest BCUT2D eigenvalue weighted by atomic mass is 10.2. The molecule has 0 aliphatic carbocycles. The first-order valence-electron chi connectivity index (χ1n) is 8.51. The third-order valence-corrected chi connectivity index (χ3v) is 4.45. The van der Waals surface area contributed by atoms with Crippen LogP contribution in [0.4, 0.5) is 5.69 Å². The van der Waals surface area contributed by atoms with Crippen LogP contribution in [-0.4, -0.2) is 29.3 Å². The molecule has 3 aromatic rings. The van der Waals surface area contributed by atoms with E-state index in [0.29, 0.717) is 6.54 Å². The van der Waals surface area contributed by atoms with Crippen LogP contribution < -0.4 is 10.2 Å². The van der Waals surface area contributed by atoms with E-state index in [0.717, 1.165) is 30.3 Å². The van der Waals surface area contributed by atoms with Crippen molar-refractivity contribution in [2.75, 3.05) is 18.5 Å². The Morgan fingerprint density at radius 1 is 1.08 bits per heavy atom. The second-order valence-electron chi connectivity index (χ2n) is 6.02. The van der Waals surface area contributed by atoms with Crippen LogP contribution in [0.5, 0.6) is 0 Å². The van der Waals surface area contributed by atoms with Crippen molar-refractivity contribution >= 4 is 11.6 Å². The van der Waals surface area contributed by atoms with Crippen molar-refractivity contribution in [3.8, 4) is 5.69 Å². The highest BCUT2D eigenvalue weighted by Gasteiger charge is 2.22. The quantitative estimate of drug-likeness (QED) is 0.593. The molecule has 2 heterocycles. The van der Waals surface area contributed by atoms with Gasteiger partial charge in [-0.15, -0.1) is 0 Å². The van der Waals surface area contributed by atoms with Gasteiger partial charge in [-0.25, -0.2) is 4.68 Å². The molecule has 1 aliphatic heterocycles. The van der Waals surface area contributed by atoms with E-state index in [-0.39, 0.29) is 0 Å². The van der Waals surface area contributed by atoms with Gasteiger partial charge in [0, 0.05) is 25.5 Å². The number of nitrogens with one attached hydrogen (secondary N) is 1. The molecule has 4 rings (SSSR count). The second kappa shape index (κ2) is 6.81. The zero-order valence-electron chi connectivity index (χ0n) is 14.3. The lowest BCUT2D eigenvalue weighted by Crippen LogP contribution is -2.40. The van der Waals surface area contributed by atoms with Crippen molar-refractivity contribution in [3.05, 3.63) is 78.1 Å². The highest BCUT2D eigenvalue weighted by atomic mass is 15.3. The van der Waals surface area contributed by atoms with Gasteiger partial charge in [-0.2, -0.15) is 5.10 Å².